The van der Waals surface area contributed by atoms with Gasteiger partial charge in [-0.1, -0.05) is 32.9 Å². The summed E-state index contributed by atoms with van der Waals surface area (Å²) in [6.07, 6.45) is 0. The average Bonchev–Trinajstić information content (AvgIpc) is 2.01. The fourth-order valence-electron chi connectivity index (χ4n) is 1.19. The lowest BCUT2D eigenvalue weighted by atomic mass is 9.87. The Morgan fingerprint density at radius 2 is 1.93 bits per heavy atom. The van der Waals surface area contributed by atoms with Crippen molar-refractivity contribution >= 4 is 5.97 Å². The molecule has 0 N–H and O–H groups in total. The number of carbonyl (C=O) groups is 1. The summed E-state index contributed by atoms with van der Waals surface area (Å²) in [5, 5.41) is 0. The third kappa shape index (κ3) is 2.87. The summed E-state index contributed by atoms with van der Waals surface area (Å²) < 4.78 is 5.01. The van der Waals surface area contributed by atoms with Crippen LogP contribution in [0.15, 0.2) is 24.3 Å². The molecule has 1 aromatic rings. The Balaban J connectivity index is 2.95. The highest BCUT2D eigenvalue weighted by molar-refractivity contribution is 5.69. The van der Waals surface area contributed by atoms with E-state index in [9.17, 15) is 4.79 Å². The van der Waals surface area contributed by atoms with Crippen LogP contribution >= 0.6 is 0 Å². The van der Waals surface area contributed by atoms with Gasteiger partial charge >= 0.3 is 5.97 Å². The number of esters is 1. The van der Waals surface area contributed by atoms with Crippen LogP contribution in [0.3, 0.4) is 0 Å². The summed E-state index contributed by atoms with van der Waals surface area (Å²) in [5.74, 6) is 0.334. The van der Waals surface area contributed by atoms with Crippen LogP contribution in [-0.4, -0.2) is 5.97 Å². The van der Waals surface area contributed by atoms with Gasteiger partial charge in [0.1, 0.15) is 5.75 Å². The van der Waals surface area contributed by atoms with Crippen LogP contribution in [0.25, 0.3) is 0 Å². The standard InChI is InChI=1S/C12H16O2/c1-9(13)14-11-7-5-6-10(8-11)12(2,3)4/h5-8H,1-4H3. The number of carbonyl (C=O) groups excluding carboxylic acids is 1. The van der Waals surface area contributed by atoms with Crippen LogP contribution in [0.1, 0.15) is 33.3 Å². The molecule has 0 saturated heterocycles. The Hall–Kier alpha value is -1.31. The van der Waals surface area contributed by atoms with E-state index in [0.29, 0.717) is 5.75 Å². The first kappa shape index (κ1) is 10.8. The molecule has 0 saturated carbocycles. The van der Waals surface area contributed by atoms with Crippen LogP contribution < -0.4 is 4.74 Å². The van der Waals surface area contributed by atoms with E-state index in [1.165, 1.54) is 6.92 Å². The molecule has 0 bridgehead atoms. The van der Waals surface area contributed by atoms with Crippen molar-refractivity contribution in [3.8, 4) is 5.75 Å². The van der Waals surface area contributed by atoms with Gasteiger partial charge in [0.05, 0.1) is 0 Å². The number of benzene rings is 1. The van der Waals surface area contributed by atoms with Gasteiger partial charge in [0.25, 0.3) is 0 Å². The quantitative estimate of drug-likeness (QED) is 0.505. The van der Waals surface area contributed by atoms with Gasteiger partial charge < -0.3 is 4.74 Å². The molecular weight excluding hydrogens is 176 g/mol. The highest BCUT2D eigenvalue weighted by Gasteiger charge is 2.14. The molecule has 2 heteroatoms. The Morgan fingerprint density at radius 3 is 2.43 bits per heavy atom. The van der Waals surface area contributed by atoms with Crippen molar-refractivity contribution < 1.29 is 9.53 Å². The third-order valence-electron chi connectivity index (χ3n) is 1.96. The van der Waals surface area contributed by atoms with Crippen molar-refractivity contribution in [1.29, 1.82) is 0 Å². The van der Waals surface area contributed by atoms with Crippen molar-refractivity contribution in [2.45, 2.75) is 33.1 Å². The second-order valence-electron chi connectivity index (χ2n) is 4.37. The van der Waals surface area contributed by atoms with Crippen LogP contribution in [-0.2, 0) is 10.2 Å². The zero-order chi connectivity index (χ0) is 10.8. The summed E-state index contributed by atoms with van der Waals surface area (Å²) in [5.41, 5.74) is 1.24. The van der Waals surface area contributed by atoms with E-state index in [1.54, 1.807) is 6.07 Å². The van der Waals surface area contributed by atoms with E-state index in [0.717, 1.165) is 5.56 Å². The smallest absolute Gasteiger partial charge is 0.308 e. The monoisotopic (exact) mass is 192 g/mol. The average molecular weight is 192 g/mol. The predicted molar refractivity (Wildman–Crippen MR) is 56.5 cm³/mol. The molecule has 2 nitrogen and oxygen atoms in total. The molecule has 0 spiro atoms. The number of rotatable bonds is 1. The Bertz CT molecular complexity index is 334. The summed E-state index contributed by atoms with van der Waals surface area (Å²) in [6, 6.07) is 7.63. The van der Waals surface area contributed by atoms with Crippen molar-refractivity contribution in [2.75, 3.05) is 0 Å². The summed E-state index contributed by atoms with van der Waals surface area (Å²) in [4.78, 5) is 10.8. The fourth-order valence-corrected chi connectivity index (χ4v) is 1.19. The molecule has 1 aromatic carbocycles. The molecule has 76 valence electrons. The minimum Gasteiger partial charge on any atom is -0.427 e. The molecule has 0 unspecified atom stereocenters. The van der Waals surface area contributed by atoms with Crippen molar-refractivity contribution in [3.63, 3.8) is 0 Å². The van der Waals surface area contributed by atoms with Crippen LogP contribution in [0.5, 0.6) is 5.75 Å². The molecular formula is C12H16O2. The van der Waals surface area contributed by atoms with Crippen LogP contribution in [0.4, 0.5) is 0 Å². The first-order valence-corrected chi connectivity index (χ1v) is 4.68. The van der Waals surface area contributed by atoms with Gasteiger partial charge in [-0.2, -0.15) is 0 Å². The molecule has 0 amide bonds. The maximum Gasteiger partial charge on any atom is 0.308 e. The lowest BCUT2D eigenvalue weighted by molar-refractivity contribution is -0.131. The topological polar surface area (TPSA) is 26.3 Å². The van der Waals surface area contributed by atoms with E-state index in [-0.39, 0.29) is 11.4 Å². The van der Waals surface area contributed by atoms with Gasteiger partial charge in [-0.15, -0.1) is 0 Å². The van der Waals surface area contributed by atoms with Crippen LogP contribution in [0, 0.1) is 0 Å². The second-order valence-corrected chi connectivity index (χ2v) is 4.37. The highest BCUT2D eigenvalue weighted by atomic mass is 16.5. The molecule has 1 rings (SSSR count). The van der Waals surface area contributed by atoms with Gasteiger partial charge in [0, 0.05) is 6.92 Å². The lowest BCUT2D eigenvalue weighted by Gasteiger charge is -2.19. The SMILES string of the molecule is CC(=O)Oc1cccc(C(C)(C)C)c1. The second kappa shape index (κ2) is 3.82. The van der Waals surface area contributed by atoms with E-state index >= 15 is 0 Å². The number of ether oxygens (including phenoxy) is 1. The van der Waals surface area contributed by atoms with Crippen molar-refractivity contribution in [3.05, 3.63) is 29.8 Å². The molecule has 0 aromatic heterocycles. The highest BCUT2D eigenvalue weighted by Crippen LogP contribution is 2.25. The summed E-state index contributed by atoms with van der Waals surface area (Å²) in [6.45, 7) is 7.78. The van der Waals surface area contributed by atoms with Gasteiger partial charge in [0.2, 0.25) is 0 Å². The molecule has 0 heterocycles. The molecule has 14 heavy (non-hydrogen) atoms. The van der Waals surface area contributed by atoms with Gasteiger partial charge in [-0.25, -0.2) is 0 Å². The van der Waals surface area contributed by atoms with E-state index in [4.69, 9.17) is 4.74 Å². The molecule has 0 aliphatic carbocycles. The maximum atomic E-state index is 10.8. The normalized spacial score (nSPS) is 11.1. The molecule has 0 atom stereocenters. The molecule has 0 radical (unpaired) electrons. The maximum absolute atomic E-state index is 10.8. The van der Waals surface area contributed by atoms with E-state index in [1.807, 2.05) is 18.2 Å². The third-order valence-corrected chi connectivity index (χ3v) is 1.96. The van der Waals surface area contributed by atoms with E-state index < -0.39 is 0 Å². The van der Waals surface area contributed by atoms with Crippen LogP contribution in [0.2, 0.25) is 0 Å². The van der Waals surface area contributed by atoms with E-state index in [2.05, 4.69) is 20.8 Å². The summed E-state index contributed by atoms with van der Waals surface area (Å²) >= 11 is 0. The van der Waals surface area contributed by atoms with Gasteiger partial charge in [-0.3, -0.25) is 4.79 Å². The van der Waals surface area contributed by atoms with Crippen molar-refractivity contribution in [2.24, 2.45) is 0 Å². The predicted octanol–water partition coefficient (Wildman–Crippen LogP) is 2.91. The largest absolute Gasteiger partial charge is 0.427 e. The lowest BCUT2D eigenvalue weighted by Crippen LogP contribution is -2.11. The first-order valence-electron chi connectivity index (χ1n) is 4.68. The number of hydrogen-bond acceptors (Lipinski definition) is 2. The molecule has 0 aliphatic rings. The zero-order valence-electron chi connectivity index (χ0n) is 9.13. The first-order chi connectivity index (χ1) is 6.39. The Morgan fingerprint density at radius 1 is 1.29 bits per heavy atom. The minimum absolute atomic E-state index is 0.0795. The molecule has 0 fully saturated rings. The van der Waals surface area contributed by atoms with Gasteiger partial charge in [-0.05, 0) is 23.1 Å². The number of hydrogen-bond donors (Lipinski definition) is 0. The Labute approximate surface area is 84.9 Å². The minimum atomic E-state index is -0.281. The fraction of sp³-hybridized carbons (Fsp3) is 0.417. The summed E-state index contributed by atoms with van der Waals surface area (Å²) in [7, 11) is 0. The van der Waals surface area contributed by atoms with Crippen molar-refractivity contribution in [1.82, 2.24) is 0 Å². The van der Waals surface area contributed by atoms with Gasteiger partial charge in [0.15, 0.2) is 0 Å². The Kier molecular flexibility index (Phi) is 2.94. The molecule has 0 aliphatic heterocycles. The zero-order valence-corrected chi connectivity index (χ0v) is 9.13.